The predicted octanol–water partition coefficient (Wildman–Crippen LogP) is 16.0. The highest BCUT2D eigenvalue weighted by atomic mass is 35.5. The van der Waals surface area contributed by atoms with Gasteiger partial charge in [-0.05, 0) is 125 Å². The predicted molar refractivity (Wildman–Crippen MR) is 374 cm³/mol. The van der Waals surface area contributed by atoms with E-state index < -0.39 is 0 Å². The lowest BCUT2D eigenvalue weighted by atomic mass is 10.0. The first-order valence-electron chi connectivity index (χ1n) is 31.9. The van der Waals surface area contributed by atoms with E-state index in [1.165, 1.54) is 0 Å². The van der Waals surface area contributed by atoms with Crippen LogP contribution in [0, 0.1) is 0 Å². The van der Waals surface area contributed by atoms with Gasteiger partial charge in [0.1, 0.15) is 57.8 Å². The van der Waals surface area contributed by atoms with Gasteiger partial charge in [-0.2, -0.15) is 9.97 Å². The Labute approximate surface area is 544 Å². The third kappa shape index (κ3) is 26.1. The molecule has 0 unspecified atom stereocenters. The van der Waals surface area contributed by atoms with Crippen molar-refractivity contribution in [1.29, 1.82) is 0 Å². The second-order valence-corrected chi connectivity index (χ2v) is 22.1. The minimum absolute atomic E-state index is 0.182. The first-order valence-corrected chi connectivity index (χ1v) is 32.3. The Kier molecular flexibility index (Phi) is 34.5. The Morgan fingerprint density at radius 3 is 1.27 bits per heavy atom. The number of carbonyl (C=O) groups is 3. The third-order valence-electron chi connectivity index (χ3n) is 14.7. The molecular weight excluding hydrogens is 1170 g/mol. The van der Waals surface area contributed by atoms with E-state index in [-0.39, 0.29) is 46.7 Å². The number of anilines is 5. The number of rotatable bonds is 32. The maximum absolute atomic E-state index is 11.6. The fraction of sp³-hybridized carbons (Fsp3) is 0.451. The molecule has 3 heterocycles. The number of nitrogens with one attached hydrogen (secondary N) is 4. The number of aromatic nitrogens is 6. The molecule has 8 aromatic rings. The van der Waals surface area contributed by atoms with Crippen molar-refractivity contribution < 1.29 is 33.3 Å². The highest BCUT2D eigenvalue weighted by molar-refractivity contribution is 6.28. The molecule has 0 saturated carbocycles. The molecule has 0 aliphatic rings. The quantitative estimate of drug-likeness (QED) is 0.0214. The SMILES string of the molecule is CC.CCCC[C@H](CCC(C)=O)Nc1nc(Cl)nc2ccccc12.CCCC[C@H](CCC(C)=O)Nc1nc(N)nc2ccccc12.CCCC[C@H](CCC(C)=O)Nc1nc(NCc2ccc(OC)cc2OC)nc2ccccc12.COc1ccc(CN)c(OC)c1. The summed E-state index contributed by atoms with van der Waals surface area (Å²) in [6.45, 7) is 16.4. The Hall–Kier alpha value is -8.42. The number of para-hydroxylation sites is 3. The van der Waals surface area contributed by atoms with E-state index in [9.17, 15) is 14.4 Å². The number of fused-ring (bicyclic) bond motifs is 3. The molecule has 0 amide bonds. The molecule has 8 N–H and O–H groups in total. The van der Waals surface area contributed by atoms with Gasteiger partial charge in [-0.25, -0.2) is 19.9 Å². The number of nitrogen functional groups attached to an aromatic ring is 1. The van der Waals surface area contributed by atoms with Crippen molar-refractivity contribution in [3.05, 3.63) is 126 Å². The third-order valence-corrected chi connectivity index (χ3v) is 14.9. The summed E-state index contributed by atoms with van der Waals surface area (Å²) in [5.41, 5.74) is 15.8. The number of hydrogen-bond acceptors (Lipinski definition) is 19. The Bertz CT molecular complexity index is 3370. The van der Waals surface area contributed by atoms with Gasteiger partial charge in [0.25, 0.3) is 0 Å². The fourth-order valence-corrected chi connectivity index (χ4v) is 9.93. The van der Waals surface area contributed by atoms with E-state index in [0.29, 0.717) is 38.3 Å². The highest BCUT2D eigenvalue weighted by Gasteiger charge is 2.18. The van der Waals surface area contributed by atoms with Gasteiger partial charge in [0.15, 0.2) is 0 Å². The number of halogens is 1. The van der Waals surface area contributed by atoms with Crippen LogP contribution >= 0.6 is 11.6 Å². The molecule has 3 aromatic heterocycles. The molecule has 20 heteroatoms. The number of methoxy groups -OCH3 is 4. The van der Waals surface area contributed by atoms with Crippen molar-refractivity contribution in [2.24, 2.45) is 5.73 Å². The second kappa shape index (κ2) is 41.8. The number of ether oxygens (including phenoxy) is 4. The molecule has 0 spiro atoms. The lowest BCUT2D eigenvalue weighted by Gasteiger charge is -2.20. The molecule has 492 valence electrons. The molecule has 19 nitrogen and oxygen atoms in total. The van der Waals surface area contributed by atoms with Gasteiger partial charge >= 0.3 is 0 Å². The summed E-state index contributed by atoms with van der Waals surface area (Å²) in [4.78, 5) is 60.8. The van der Waals surface area contributed by atoms with Crippen molar-refractivity contribution in [3.8, 4) is 23.0 Å². The largest absolute Gasteiger partial charge is 0.497 e. The molecule has 91 heavy (non-hydrogen) atoms. The standard InChI is InChI=1S/C26H34N4O3.C17H22ClN3O.C17H24N4O.C9H13NO2.C2H6/c1-5-6-9-20(14-12-18(2)31)28-25-22-10-7-8-11-23(22)29-26(30-25)27-17-19-13-15-21(32-3)16-24(19)33-4;2*1-3-4-7-13(11-10-12(2)22)19-16-14-8-5-6-9-15(14)20-17(18)21-16;1-11-8-4-3-7(6-10)9(5-8)12-2;1-2/h7-8,10-11,13,15-16,20H,5-6,9,12,14,17H2,1-4H3,(H2,27,28,29,30);5-6,8-9,13H,3-4,7,10-11H2,1-2H3,(H,19,20,21);5-6,8-9,13H,3-4,7,10-11H2,1-2H3,(H3,18,19,20,21);3-5H,6,10H2,1-2H3;1-2H3/t20-;2*13-;;/m111../s1. The summed E-state index contributed by atoms with van der Waals surface area (Å²) in [5, 5.41) is 17.0. The van der Waals surface area contributed by atoms with Crippen LogP contribution in [0.2, 0.25) is 5.28 Å². The Balaban J connectivity index is 0.000000269. The van der Waals surface area contributed by atoms with Crippen molar-refractivity contribution in [1.82, 2.24) is 29.9 Å². The van der Waals surface area contributed by atoms with Crippen LogP contribution in [-0.2, 0) is 27.5 Å². The molecule has 0 bridgehead atoms. The van der Waals surface area contributed by atoms with Crippen LogP contribution < -0.4 is 51.7 Å². The van der Waals surface area contributed by atoms with Crippen molar-refractivity contribution >= 4 is 91.0 Å². The van der Waals surface area contributed by atoms with Crippen LogP contribution in [0.3, 0.4) is 0 Å². The molecule has 0 fully saturated rings. The zero-order valence-electron chi connectivity index (χ0n) is 55.7. The summed E-state index contributed by atoms with van der Waals surface area (Å²) in [6, 6.07) is 35.5. The highest BCUT2D eigenvalue weighted by Crippen LogP contribution is 2.30. The lowest BCUT2D eigenvalue weighted by molar-refractivity contribution is -0.118. The van der Waals surface area contributed by atoms with Crippen LogP contribution in [0.15, 0.2) is 109 Å². The van der Waals surface area contributed by atoms with E-state index in [0.717, 1.165) is 161 Å². The number of hydrogen-bond donors (Lipinski definition) is 6. The maximum atomic E-state index is 11.6. The lowest BCUT2D eigenvalue weighted by Crippen LogP contribution is -2.22. The van der Waals surface area contributed by atoms with Gasteiger partial charge in [0.2, 0.25) is 17.2 Å². The van der Waals surface area contributed by atoms with Gasteiger partial charge in [0, 0.05) is 89.9 Å². The fourth-order valence-electron chi connectivity index (χ4n) is 9.75. The number of carbonyl (C=O) groups excluding carboxylic acids is 3. The van der Waals surface area contributed by atoms with E-state index in [1.807, 2.05) is 123 Å². The molecule has 5 aromatic carbocycles. The Morgan fingerprint density at radius 2 is 0.868 bits per heavy atom. The topological polar surface area (TPSA) is 266 Å². The number of Topliss-reactive ketones (excluding diaryl/α,β-unsaturated/α-hetero) is 3. The van der Waals surface area contributed by atoms with Crippen molar-refractivity contribution in [2.45, 2.75) is 183 Å². The zero-order valence-corrected chi connectivity index (χ0v) is 56.5. The van der Waals surface area contributed by atoms with E-state index >= 15 is 0 Å². The first-order chi connectivity index (χ1) is 44.0. The monoisotopic (exact) mass is 1270 g/mol. The normalized spacial score (nSPS) is 11.5. The summed E-state index contributed by atoms with van der Waals surface area (Å²) >= 11 is 6.02. The van der Waals surface area contributed by atoms with Gasteiger partial charge < -0.3 is 66.1 Å². The number of unbranched alkanes of at least 4 members (excludes halogenated alkanes) is 3. The van der Waals surface area contributed by atoms with E-state index in [4.69, 9.17) is 52.0 Å². The molecule has 0 radical (unpaired) electrons. The summed E-state index contributed by atoms with van der Waals surface area (Å²) in [7, 11) is 6.52. The first kappa shape index (κ1) is 75.0. The van der Waals surface area contributed by atoms with Gasteiger partial charge in [-0.15, -0.1) is 0 Å². The molecule has 3 atom stereocenters. The molecular formula is C71H99ClN12O7. The summed E-state index contributed by atoms with van der Waals surface area (Å²) in [6.07, 6.45) is 13.9. The Morgan fingerprint density at radius 1 is 0.484 bits per heavy atom. The van der Waals surface area contributed by atoms with Crippen molar-refractivity contribution in [2.75, 3.05) is 55.4 Å². The van der Waals surface area contributed by atoms with Crippen molar-refractivity contribution in [3.63, 3.8) is 0 Å². The van der Waals surface area contributed by atoms with Crippen LogP contribution in [0.25, 0.3) is 32.7 Å². The average Bonchev–Trinajstić information content (AvgIpc) is 3.62. The van der Waals surface area contributed by atoms with Crippen LogP contribution in [-0.4, -0.2) is 93.8 Å². The molecule has 8 rings (SSSR count). The summed E-state index contributed by atoms with van der Waals surface area (Å²) < 4.78 is 20.9. The van der Waals surface area contributed by atoms with Gasteiger partial charge in [0.05, 0.1) is 45.0 Å². The number of nitrogens with two attached hydrogens (primary N) is 2. The molecule has 0 saturated heterocycles. The van der Waals surface area contributed by atoms with Gasteiger partial charge in [-0.1, -0.05) is 116 Å². The van der Waals surface area contributed by atoms with Gasteiger partial charge in [-0.3, -0.25) is 0 Å². The second-order valence-electron chi connectivity index (χ2n) is 21.8. The molecule has 0 aliphatic carbocycles. The van der Waals surface area contributed by atoms with Crippen LogP contribution in [0.1, 0.15) is 163 Å². The average molecular weight is 1270 g/mol. The number of ketones is 3. The number of nitrogens with zero attached hydrogens (tertiary/aromatic N) is 6. The van der Waals surface area contributed by atoms with E-state index in [1.54, 1.807) is 49.2 Å². The minimum Gasteiger partial charge on any atom is -0.497 e. The van der Waals surface area contributed by atoms with E-state index in [2.05, 4.69) is 62.0 Å². The molecule has 0 aliphatic heterocycles. The number of benzene rings is 5. The zero-order chi connectivity index (χ0) is 66.5. The minimum atomic E-state index is 0.182. The van der Waals surface area contributed by atoms with Crippen LogP contribution in [0.5, 0.6) is 23.0 Å². The smallest absolute Gasteiger partial charge is 0.225 e. The summed E-state index contributed by atoms with van der Waals surface area (Å²) in [5.74, 6) is 6.78. The van der Waals surface area contributed by atoms with Crippen LogP contribution in [0.4, 0.5) is 29.4 Å². The maximum Gasteiger partial charge on any atom is 0.225 e.